The minimum Gasteiger partial charge on any atom is -0.468 e. The third kappa shape index (κ3) is 3.92. The number of thiophene rings is 1. The normalized spacial score (nSPS) is 17.4. The van der Waals surface area contributed by atoms with Crippen LogP contribution in [0.15, 0.2) is 39.2 Å². The summed E-state index contributed by atoms with van der Waals surface area (Å²) in [5.41, 5.74) is 0. The van der Waals surface area contributed by atoms with Crippen molar-refractivity contribution in [3.05, 3.63) is 41.2 Å². The molecule has 0 aromatic carbocycles. The van der Waals surface area contributed by atoms with Gasteiger partial charge in [-0.1, -0.05) is 0 Å². The van der Waals surface area contributed by atoms with Gasteiger partial charge in [0.05, 0.1) is 16.5 Å². The van der Waals surface area contributed by atoms with E-state index in [0.29, 0.717) is 6.04 Å². The van der Waals surface area contributed by atoms with Crippen molar-refractivity contribution in [2.45, 2.75) is 29.6 Å². The molecule has 1 atom stereocenters. The zero-order chi connectivity index (χ0) is 14.5. The van der Waals surface area contributed by atoms with Crippen molar-refractivity contribution in [2.24, 2.45) is 0 Å². The molecule has 3 nitrogen and oxygen atoms in total. The van der Waals surface area contributed by atoms with E-state index >= 15 is 0 Å². The quantitative estimate of drug-likeness (QED) is 0.780. The van der Waals surface area contributed by atoms with Gasteiger partial charge in [-0.2, -0.15) is 0 Å². The predicted octanol–water partition coefficient (Wildman–Crippen LogP) is 3.99. The Bertz CT molecular complexity index is 532. The Balaban J connectivity index is 1.57. The van der Waals surface area contributed by atoms with E-state index in [-0.39, 0.29) is 0 Å². The van der Waals surface area contributed by atoms with Crippen LogP contribution in [-0.2, 0) is 6.54 Å². The minimum atomic E-state index is 0.363. The lowest BCUT2D eigenvalue weighted by atomic mass is 10.2. The predicted molar refractivity (Wildman–Crippen MR) is 90.1 cm³/mol. The lowest BCUT2D eigenvalue weighted by molar-refractivity contribution is 0.209. The number of likely N-dealkylation sites (tertiary alicyclic amines) is 1. The third-order valence-electron chi connectivity index (χ3n) is 3.93. The molecule has 1 fully saturated rings. The van der Waals surface area contributed by atoms with Crippen LogP contribution in [0.4, 0.5) is 0 Å². The van der Waals surface area contributed by atoms with Crippen molar-refractivity contribution in [3.8, 4) is 0 Å². The second kappa shape index (κ2) is 7.49. The number of furan rings is 1. The molecule has 21 heavy (non-hydrogen) atoms. The summed E-state index contributed by atoms with van der Waals surface area (Å²) in [7, 11) is 0. The van der Waals surface area contributed by atoms with E-state index < -0.39 is 0 Å². The van der Waals surface area contributed by atoms with Gasteiger partial charge in [0.1, 0.15) is 5.76 Å². The van der Waals surface area contributed by atoms with Crippen molar-refractivity contribution < 1.29 is 4.42 Å². The van der Waals surface area contributed by atoms with Crippen LogP contribution in [0.5, 0.6) is 0 Å². The van der Waals surface area contributed by atoms with Gasteiger partial charge >= 0.3 is 0 Å². The summed E-state index contributed by atoms with van der Waals surface area (Å²) in [5.74, 6) is 1.08. The summed E-state index contributed by atoms with van der Waals surface area (Å²) in [5, 5.41) is 3.60. The molecule has 1 N–H and O–H groups in total. The molecule has 0 bridgehead atoms. The number of thioether (sulfide) groups is 1. The molecule has 3 heterocycles. The molecule has 0 radical (unpaired) electrons. The largest absolute Gasteiger partial charge is 0.468 e. The van der Waals surface area contributed by atoms with Crippen molar-refractivity contribution in [2.75, 3.05) is 25.9 Å². The molecule has 0 amide bonds. The van der Waals surface area contributed by atoms with E-state index in [2.05, 4.69) is 34.7 Å². The van der Waals surface area contributed by atoms with Crippen LogP contribution in [0.25, 0.3) is 0 Å². The first kappa shape index (κ1) is 15.2. The number of hydrogen-bond donors (Lipinski definition) is 1. The Labute approximate surface area is 134 Å². The average Bonchev–Trinajstić information content (AvgIpc) is 3.24. The lowest BCUT2D eigenvalue weighted by Crippen LogP contribution is -2.33. The Morgan fingerprint density at radius 1 is 1.33 bits per heavy atom. The zero-order valence-corrected chi connectivity index (χ0v) is 14.0. The van der Waals surface area contributed by atoms with Gasteiger partial charge in [-0.3, -0.25) is 4.90 Å². The molecule has 2 aromatic rings. The molecule has 114 valence electrons. The molecule has 1 saturated heterocycles. The number of nitrogens with zero attached hydrogens (tertiary/aromatic N) is 1. The highest BCUT2D eigenvalue weighted by Crippen LogP contribution is 2.27. The first-order chi connectivity index (χ1) is 10.4. The monoisotopic (exact) mass is 322 g/mol. The molecule has 1 aliphatic rings. The zero-order valence-electron chi connectivity index (χ0n) is 12.4. The topological polar surface area (TPSA) is 28.4 Å². The van der Waals surface area contributed by atoms with Gasteiger partial charge < -0.3 is 9.73 Å². The summed E-state index contributed by atoms with van der Waals surface area (Å²) in [6, 6.07) is 8.88. The van der Waals surface area contributed by atoms with E-state index in [1.807, 2.05) is 29.2 Å². The van der Waals surface area contributed by atoms with Crippen LogP contribution < -0.4 is 5.32 Å². The smallest absolute Gasteiger partial charge is 0.122 e. The molecular weight excluding hydrogens is 300 g/mol. The Morgan fingerprint density at radius 3 is 2.86 bits per heavy atom. The first-order valence-corrected chi connectivity index (χ1v) is 9.52. The maximum absolute atomic E-state index is 5.65. The molecule has 3 rings (SSSR count). The molecule has 0 spiro atoms. The van der Waals surface area contributed by atoms with Crippen LogP contribution in [-0.4, -0.2) is 30.8 Å². The molecule has 1 aliphatic heterocycles. The summed E-state index contributed by atoms with van der Waals surface area (Å²) in [6.07, 6.45) is 6.52. The molecule has 0 aliphatic carbocycles. The van der Waals surface area contributed by atoms with Crippen LogP contribution >= 0.6 is 23.1 Å². The van der Waals surface area contributed by atoms with Gasteiger partial charge in [-0.25, -0.2) is 0 Å². The lowest BCUT2D eigenvalue weighted by Gasteiger charge is -2.26. The second-order valence-electron chi connectivity index (χ2n) is 5.33. The van der Waals surface area contributed by atoms with Gasteiger partial charge in [0.15, 0.2) is 0 Å². The van der Waals surface area contributed by atoms with Crippen molar-refractivity contribution in [3.63, 3.8) is 0 Å². The molecule has 0 unspecified atom stereocenters. The van der Waals surface area contributed by atoms with Crippen molar-refractivity contribution in [1.29, 1.82) is 0 Å². The minimum absolute atomic E-state index is 0.363. The van der Waals surface area contributed by atoms with Gasteiger partial charge in [0, 0.05) is 18.0 Å². The van der Waals surface area contributed by atoms with E-state index in [4.69, 9.17) is 4.42 Å². The highest BCUT2D eigenvalue weighted by molar-refractivity contribution is 8.00. The Hall–Kier alpha value is -0.750. The summed E-state index contributed by atoms with van der Waals surface area (Å²) in [4.78, 5) is 3.94. The highest BCUT2D eigenvalue weighted by atomic mass is 32.2. The Morgan fingerprint density at radius 2 is 2.19 bits per heavy atom. The van der Waals surface area contributed by atoms with E-state index in [1.165, 1.54) is 35.0 Å². The van der Waals surface area contributed by atoms with Crippen LogP contribution in [0.2, 0.25) is 0 Å². The van der Waals surface area contributed by atoms with E-state index in [1.54, 1.807) is 6.26 Å². The maximum Gasteiger partial charge on any atom is 0.122 e. The van der Waals surface area contributed by atoms with Gasteiger partial charge in [0.2, 0.25) is 0 Å². The second-order valence-corrected chi connectivity index (χ2v) is 7.60. The number of nitrogens with one attached hydrogen (secondary N) is 1. The van der Waals surface area contributed by atoms with Crippen LogP contribution in [0.1, 0.15) is 29.5 Å². The highest BCUT2D eigenvalue weighted by Gasteiger charge is 2.25. The fourth-order valence-electron chi connectivity index (χ4n) is 2.84. The van der Waals surface area contributed by atoms with Crippen LogP contribution in [0, 0.1) is 0 Å². The first-order valence-electron chi connectivity index (χ1n) is 7.47. The Kier molecular flexibility index (Phi) is 5.41. The van der Waals surface area contributed by atoms with E-state index in [0.717, 1.165) is 18.8 Å². The van der Waals surface area contributed by atoms with Gasteiger partial charge in [-0.05, 0) is 56.5 Å². The number of hydrogen-bond acceptors (Lipinski definition) is 5. The summed E-state index contributed by atoms with van der Waals surface area (Å²) >= 11 is 3.69. The van der Waals surface area contributed by atoms with E-state index in [9.17, 15) is 0 Å². The SMILES string of the molecule is CSc1ccc(CNC[C@@H](c2ccco2)N2CCCC2)s1. The maximum atomic E-state index is 5.65. The molecular formula is C16H22N2OS2. The van der Waals surface area contributed by atoms with Crippen molar-refractivity contribution >= 4 is 23.1 Å². The molecule has 2 aromatic heterocycles. The fourth-order valence-corrected chi connectivity index (χ4v) is 4.40. The third-order valence-corrected chi connectivity index (χ3v) is 6.10. The van der Waals surface area contributed by atoms with Gasteiger partial charge in [-0.15, -0.1) is 23.1 Å². The standard InChI is InChI=1S/C16H22N2OS2/c1-20-16-7-6-13(21-16)11-17-12-14(15-5-4-10-19-15)18-8-2-3-9-18/h4-7,10,14,17H,2-3,8-9,11-12H2,1H3/t14-/m0/s1. The summed E-state index contributed by atoms with van der Waals surface area (Å²) in [6.45, 7) is 4.25. The van der Waals surface area contributed by atoms with Crippen LogP contribution in [0.3, 0.4) is 0 Å². The van der Waals surface area contributed by atoms with Gasteiger partial charge in [0.25, 0.3) is 0 Å². The average molecular weight is 322 g/mol. The molecule has 0 saturated carbocycles. The number of rotatable bonds is 7. The van der Waals surface area contributed by atoms with Crippen molar-refractivity contribution in [1.82, 2.24) is 10.2 Å². The summed E-state index contributed by atoms with van der Waals surface area (Å²) < 4.78 is 7.03. The molecule has 5 heteroatoms. The fraction of sp³-hybridized carbons (Fsp3) is 0.500.